The molecule has 2 aromatic rings. The average Bonchev–Trinajstić information content (AvgIpc) is 2.68. The summed E-state index contributed by atoms with van der Waals surface area (Å²) >= 11 is 3.19. The first-order valence-electron chi connectivity index (χ1n) is 6.56. The van der Waals surface area contributed by atoms with Crippen LogP contribution in [0.5, 0.6) is 0 Å². The Balaban J connectivity index is 1.93. The van der Waals surface area contributed by atoms with Crippen LogP contribution in [0.4, 0.5) is 5.13 Å². The molecule has 19 heavy (non-hydrogen) atoms. The molecule has 1 saturated heterocycles. The molecule has 4 nitrogen and oxygen atoms in total. The first-order chi connectivity index (χ1) is 8.74. The standard InChI is InChI=1S/C13H20N4S2/c1-12(2)5-7(6-13(3,4)17-12)8-15-9-10(18-8)16-11(14)19-9/h7,17H,5-6H2,1-4H3,(H2,14,16). The summed E-state index contributed by atoms with van der Waals surface area (Å²) in [6.45, 7) is 9.08. The minimum Gasteiger partial charge on any atom is -0.375 e. The highest BCUT2D eigenvalue weighted by Gasteiger charge is 2.39. The van der Waals surface area contributed by atoms with Crippen LogP contribution in [0.2, 0.25) is 0 Å². The van der Waals surface area contributed by atoms with E-state index in [9.17, 15) is 0 Å². The summed E-state index contributed by atoms with van der Waals surface area (Å²) in [5, 5.41) is 5.55. The van der Waals surface area contributed by atoms with Gasteiger partial charge in [0.05, 0.1) is 5.01 Å². The van der Waals surface area contributed by atoms with Crippen LogP contribution in [0.3, 0.4) is 0 Å². The van der Waals surface area contributed by atoms with Crippen molar-refractivity contribution in [1.82, 2.24) is 15.3 Å². The highest BCUT2D eigenvalue weighted by Crippen LogP contribution is 2.42. The van der Waals surface area contributed by atoms with Crippen molar-refractivity contribution in [2.75, 3.05) is 5.73 Å². The molecule has 1 aliphatic rings. The summed E-state index contributed by atoms with van der Waals surface area (Å²) in [5.41, 5.74) is 6.02. The van der Waals surface area contributed by atoms with E-state index in [1.165, 1.54) is 16.3 Å². The maximum Gasteiger partial charge on any atom is 0.183 e. The maximum absolute atomic E-state index is 5.71. The van der Waals surface area contributed by atoms with Gasteiger partial charge in [0.25, 0.3) is 0 Å². The zero-order valence-corrected chi connectivity index (χ0v) is 13.4. The van der Waals surface area contributed by atoms with Crippen LogP contribution in [0.15, 0.2) is 0 Å². The van der Waals surface area contributed by atoms with Crippen LogP contribution in [0, 0.1) is 0 Å². The average molecular weight is 296 g/mol. The van der Waals surface area contributed by atoms with Crippen LogP contribution < -0.4 is 11.1 Å². The Hall–Kier alpha value is -0.720. The highest BCUT2D eigenvalue weighted by atomic mass is 32.1. The normalized spacial score (nSPS) is 22.9. The third kappa shape index (κ3) is 2.61. The van der Waals surface area contributed by atoms with Crippen LogP contribution in [-0.4, -0.2) is 21.0 Å². The molecule has 0 saturated carbocycles. The molecule has 3 heterocycles. The molecule has 6 heteroatoms. The van der Waals surface area contributed by atoms with Gasteiger partial charge in [0, 0.05) is 17.0 Å². The summed E-state index contributed by atoms with van der Waals surface area (Å²) < 4.78 is 0. The molecule has 0 atom stereocenters. The molecule has 0 aliphatic carbocycles. The van der Waals surface area contributed by atoms with Gasteiger partial charge < -0.3 is 11.1 Å². The second kappa shape index (κ2) is 4.14. The number of nitrogens with one attached hydrogen (secondary N) is 1. The molecule has 0 amide bonds. The van der Waals surface area contributed by atoms with Gasteiger partial charge in [-0.15, -0.1) is 0 Å². The summed E-state index contributed by atoms with van der Waals surface area (Å²) in [5.74, 6) is 0.513. The van der Waals surface area contributed by atoms with Crippen LogP contribution in [-0.2, 0) is 0 Å². The SMILES string of the molecule is CC1(C)CC(c2nc3sc(N)nc3s2)CC(C)(C)N1. The summed E-state index contributed by atoms with van der Waals surface area (Å²) in [6.07, 6.45) is 2.24. The minimum absolute atomic E-state index is 0.151. The lowest BCUT2D eigenvalue weighted by molar-refractivity contribution is 0.161. The molecular weight excluding hydrogens is 276 g/mol. The van der Waals surface area contributed by atoms with Gasteiger partial charge >= 0.3 is 0 Å². The summed E-state index contributed by atoms with van der Waals surface area (Å²) in [7, 11) is 0. The molecule has 1 aliphatic heterocycles. The first kappa shape index (κ1) is 13.3. The van der Waals surface area contributed by atoms with E-state index in [1.807, 2.05) is 0 Å². The van der Waals surface area contributed by atoms with Gasteiger partial charge in [-0.2, -0.15) is 0 Å². The lowest BCUT2D eigenvalue weighted by Crippen LogP contribution is -2.57. The highest BCUT2D eigenvalue weighted by molar-refractivity contribution is 7.28. The Labute approximate surface area is 121 Å². The van der Waals surface area contributed by atoms with E-state index in [2.05, 4.69) is 38.0 Å². The van der Waals surface area contributed by atoms with Crippen LogP contribution >= 0.6 is 22.7 Å². The molecule has 0 aromatic carbocycles. The smallest absolute Gasteiger partial charge is 0.183 e. The zero-order chi connectivity index (χ0) is 13.8. The number of piperidine rings is 1. The summed E-state index contributed by atoms with van der Waals surface area (Å²) in [4.78, 5) is 11.1. The molecule has 3 N–H and O–H groups in total. The van der Waals surface area contributed by atoms with E-state index in [0.29, 0.717) is 11.0 Å². The molecule has 3 rings (SSSR count). The number of aromatic nitrogens is 2. The fourth-order valence-electron chi connectivity index (χ4n) is 3.34. The van der Waals surface area contributed by atoms with Crippen molar-refractivity contribution >= 4 is 37.5 Å². The van der Waals surface area contributed by atoms with E-state index in [-0.39, 0.29) is 11.1 Å². The van der Waals surface area contributed by atoms with Crippen LogP contribution in [0.1, 0.15) is 51.5 Å². The third-order valence-electron chi connectivity index (χ3n) is 3.55. The van der Waals surface area contributed by atoms with E-state index < -0.39 is 0 Å². The third-order valence-corrected chi connectivity index (χ3v) is 5.57. The largest absolute Gasteiger partial charge is 0.375 e. The fraction of sp³-hybridized carbons (Fsp3) is 0.692. The van der Waals surface area contributed by atoms with E-state index in [4.69, 9.17) is 10.7 Å². The van der Waals surface area contributed by atoms with Crippen molar-refractivity contribution in [3.63, 3.8) is 0 Å². The predicted molar refractivity (Wildman–Crippen MR) is 83.0 cm³/mol. The van der Waals surface area contributed by atoms with Gasteiger partial charge in [-0.05, 0) is 40.5 Å². The number of nitrogens with zero attached hydrogens (tertiary/aromatic N) is 2. The number of hydrogen-bond acceptors (Lipinski definition) is 6. The second-order valence-corrected chi connectivity index (χ2v) is 8.73. The lowest BCUT2D eigenvalue weighted by Gasteiger charge is -2.46. The molecule has 0 unspecified atom stereocenters. The molecule has 2 aromatic heterocycles. The number of nitrogen functional groups attached to an aromatic ring is 1. The molecule has 104 valence electrons. The number of nitrogens with two attached hydrogens (primary N) is 1. The van der Waals surface area contributed by atoms with Gasteiger partial charge in [-0.25, -0.2) is 9.97 Å². The van der Waals surface area contributed by atoms with E-state index in [1.54, 1.807) is 11.3 Å². The zero-order valence-electron chi connectivity index (χ0n) is 11.8. The molecule has 0 bridgehead atoms. The van der Waals surface area contributed by atoms with Crippen molar-refractivity contribution < 1.29 is 0 Å². The molecule has 0 spiro atoms. The lowest BCUT2D eigenvalue weighted by atomic mass is 9.76. The number of hydrogen-bond donors (Lipinski definition) is 2. The van der Waals surface area contributed by atoms with Crippen LogP contribution in [0.25, 0.3) is 9.66 Å². The Morgan fingerprint density at radius 3 is 2.21 bits per heavy atom. The molecule has 0 radical (unpaired) electrons. The van der Waals surface area contributed by atoms with Gasteiger partial charge in [0.15, 0.2) is 14.8 Å². The van der Waals surface area contributed by atoms with Crippen molar-refractivity contribution in [1.29, 1.82) is 0 Å². The van der Waals surface area contributed by atoms with Crippen molar-refractivity contribution in [2.24, 2.45) is 0 Å². The number of anilines is 1. The monoisotopic (exact) mass is 296 g/mol. The van der Waals surface area contributed by atoms with Gasteiger partial charge in [-0.1, -0.05) is 22.7 Å². The Morgan fingerprint density at radius 2 is 1.63 bits per heavy atom. The van der Waals surface area contributed by atoms with Gasteiger partial charge in [-0.3, -0.25) is 0 Å². The maximum atomic E-state index is 5.71. The Kier molecular flexibility index (Phi) is 2.89. The quantitative estimate of drug-likeness (QED) is 0.847. The van der Waals surface area contributed by atoms with Crippen molar-refractivity contribution in [3.05, 3.63) is 5.01 Å². The number of rotatable bonds is 1. The van der Waals surface area contributed by atoms with Gasteiger partial charge in [0.2, 0.25) is 0 Å². The molecular formula is C13H20N4S2. The number of fused-ring (bicyclic) bond motifs is 1. The topological polar surface area (TPSA) is 63.8 Å². The Bertz CT molecular complexity index is 564. The second-order valence-electron chi connectivity index (χ2n) is 6.71. The molecule has 1 fully saturated rings. The predicted octanol–water partition coefficient (Wildman–Crippen LogP) is 3.36. The van der Waals surface area contributed by atoms with E-state index >= 15 is 0 Å². The van der Waals surface area contributed by atoms with E-state index in [0.717, 1.165) is 22.5 Å². The fourth-order valence-corrected chi connectivity index (χ4v) is 5.27. The Morgan fingerprint density at radius 1 is 1.05 bits per heavy atom. The minimum atomic E-state index is 0.151. The summed E-state index contributed by atoms with van der Waals surface area (Å²) in [6, 6.07) is 0. The van der Waals surface area contributed by atoms with Crippen molar-refractivity contribution in [2.45, 2.75) is 57.5 Å². The first-order valence-corrected chi connectivity index (χ1v) is 8.19. The van der Waals surface area contributed by atoms with Crippen molar-refractivity contribution in [3.8, 4) is 0 Å². The number of thiazole rings is 2. The van der Waals surface area contributed by atoms with Gasteiger partial charge in [0.1, 0.15) is 0 Å².